The molecule has 24 heavy (non-hydrogen) atoms. The Kier molecular flexibility index (Phi) is 5.52. The van der Waals surface area contributed by atoms with Gasteiger partial charge in [0.1, 0.15) is 12.2 Å². The second kappa shape index (κ2) is 7.46. The molecule has 2 aromatic rings. The molecule has 0 aliphatic carbocycles. The van der Waals surface area contributed by atoms with Gasteiger partial charge in [-0.3, -0.25) is 4.55 Å². The highest BCUT2D eigenvalue weighted by atomic mass is 127. The molecular formula is C16H16INO5S. The molecule has 0 spiro atoms. The second-order valence-corrected chi connectivity index (χ2v) is 7.72. The number of hydrogen-bond acceptors (Lipinski definition) is 4. The lowest BCUT2D eigenvalue weighted by molar-refractivity contribution is -0.0688. The number of benzene rings is 2. The van der Waals surface area contributed by atoms with E-state index < -0.39 is 28.8 Å². The van der Waals surface area contributed by atoms with Crippen molar-refractivity contribution in [2.24, 2.45) is 0 Å². The molecule has 1 aliphatic heterocycles. The van der Waals surface area contributed by atoms with Crippen LogP contribution in [0.3, 0.4) is 0 Å². The van der Waals surface area contributed by atoms with Crippen LogP contribution in [0.1, 0.15) is 23.5 Å². The number of ether oxygens (including phenoxy) is 2. The number of hydrogen-bond donors (Lipinski definition) is 2. The van der Waals surface area contributed by atoms with Gasteiger partial charge in [0, 0.05) is 15.7 Å². The Morgan fingerprint density at radius 1 is 1.04 bits per heavy atom. The highest BCUT2D eigenvalue weighted by molar-refractivity contribution is 14.1. The van der Waals surface area contributed by atoms with Crippen molar-refractivity contribution in [2.75, 3.05) is 6.54 Å². The van der Waals surface area contributed by atoms with Gasteiger partial charge >= 0.3 is 10.3 Å². The van der Waals surface area contributed by atoms with Gasteiger partial charge in [-0.1, -0.05) is 48.5 Å². The van der Waals surface area contributed by atoms with Crippen LogP contribution in [-0.4, -0.2) is 25.6 Å². The van der Waals surface area contributed by atoms with E-state index in [1.807, 2.05) is 54.6 Å². The molecule has 3 rings (SSSR count). The third kappa shape index (κ3) is 4.32. The molecule has 0 bridgehead atoms. The van der Waals surface area contributed by atoms with Crippen LogP contribution in [0.4, 0.5) is 0 Å². The third-order valence-corrected chi connectivity index (χ3v) is 5.17. The van der Waals surface area contributed by atoms with Crippen LogP contribution in [0, 0.1) is 3.57 Å². The second-order valence-electron chi connectivity index (χ2n) is 5.32. The zero-order valence-corrected chi connectivity index (χ0v) is 15.5. The van der Waals surface area contributed by atoms with Gasteiger partial charge < -0.3 is 9.47 Å². The summed E-state index contributed by atoms with van der Waals surface area (Å²) >= 11 is 2.20. The van der Waals surface area contributed by atoms with Gasteiger partial charge in [-0.2, -0.15) is 13.1 Å². The fourth-order valence-corrected chi connectivity index (χ4v) is 3.64. The van der Waals surface area contributed by atoms with Crippen molar-refractivity contribution in [3.8, 4) is 0 Å². The van der Waals surface area contributed by atoms with E-state index in [0.29, 0.717) is 0 Å². The molecule has 2 aromatic carbocycles. The lowest BCUT2D eigenvalue weighted by Crippen LogP contribution is -2.34. The largest absolute Gasteiger partial charge is 0.341 e. The molecular weight excluding hydrogens is 445 g/mol. The fourth-order valence-electron chi connectivity index (χ4n) is 2.57. The van der Waals surface area contributed by atoms with Gasteiger partial charge in [-0.15, -0.1) is 0 Å². The van der Waals surface area contributed by atoms with Crippen LogP contribution >= 0.6 is 22.6 Å². The van der Waals surface area contributed by atoms with Crippen molar-refractivity contribution in [1.82, 2.24) is 4.72 Å². The zero-order chi connectivity index (χ0) is 17.2. The summed E-state index contributed by atoms with van der Waals surface area (Å²) in [5.41, 5.74) is 1.77. The van der Waals surface area contributed by atoms with Crippen molar-refractivity contribution in [3.63, 3.8) is 0 Å². The van der Waals surface area contributed by atoms with Crippen molar-refractivity contribution in [2.45, 2.75) is 18.5 Å². The number of halogens is 1. The van der Waals surface area contributed by atoms with Gasteiger partial charge in [-0.25, -0.2) is 0 Å². The molecule has 6 nitrogen and oxygen atoms in total. The minimum atomic E-state index is -4.30. The summed E-state index contributed by atoms with van der Waals surface area (Å²) < 4.78 is 45.9. The Morgan fingerprint density at radius 3 is 2.38 bits per heavy atom. The van der Waals surface area contributed by atoms with Gasteiger partial charge in [0.15, 0.2) is 6.29 Å². The average molecular weight is 461 g/mol. The van der Waals surface area contributed by atoms with Crippen LogP contribution in [0.5, 0.6) is 0 Å². The standard InChI is InChI=1S/C16H16INO5S/c17-13-9-5-4-8-12(13)15-14(10-18-24(19,20)21)22-16(23-15)11-6-2-1-3-7-11/h1-9,14-16,18H,10H2,(H,19,20,21)/t14-,15-,16?/m1/s1. The highest BCUT2D eigenvalue weighted by Gasteiger charge is 2.39. The summed E-state index contributed by atoms with van der Waals surface area (Å²) in [6, 6.07) is 17.1. The topological polar surface area (TPSA) is 84.9 Å². The zero-order valence-electron chi connectivity index (χ0n) is 12.5. The lowest BCUT2D eigenvalue weighted by Gasteiger charge is -2.18. The van der Waals surface area contributed by atoms with E-state index in [9.17, 15) is 8.42 Å². The van der Waals surface area contributed by atoms with Crippen LogP contribution in [0.2, 0.25) is 0 Å². The van der Waals surface area contributed by atoms with E-state index >= 15 is 0 Å². The Hall–Kier alpha value is -1.04. The van der Waals surface area contributed by atoms with Gasteiger partial charge in [0.05, 0.1) is 0 Å². The van der Waals surface area contributed by atoms with Gasteiger partial charge in [0.25, 0.3) is 0 Å². The minimum absolute atomic E-state index is 0.0855. The van der Waals surface area contributed by atoms with Crippen molar-refractivity contribution >= 4 is 32.9 Å². The molecule has 0 radical (unpaired) electrons. The predicted molar refractivity (Wildman–Crippen MR) is 96.6 cm³/mol. The first-order chi connectivity index (χ1) is 11.4. The quantitative estimate of drug-likeness (QED) is 0.529. The van der Waals surface area contributed by atoms with E-state index in [0.717, 1.165) is 14.7 Å². The van der Waals surface area contributed by atoms with E-state index in [-0.39, 0.29) is 6.54 Å². The molecule has 0 amide bonds. The monoisotopic (exact) mass is 461 g/mol. The lowest BCUT2D eigenvalue weighted by atomic mass is 10.0. The Morgan fingerprint density at radius 2 is 1.71 bits per heavy atom. The molecule has 0 saturated carbocycles. The van der Waals surface area contributed by atoms with Crippen LogP contribution in [0.25, 0.3) is 0 Å². The van der Waals surface area contributed by atoms with E-state index in [1.54, 1.807) is 0 Å². The summed E-state index contributed by atoms with van der Waals surface area (Å²) in [6.45, 7) is -0.0855. The number of nitrogens with one attached hydrogen (secondary N) is 1. The minimum Gasteiger partial charge on any atom is -0.341 e. The molecule has 1 heterocycles. The fraction of sp³-hybridized carbons (Fsp3) is 0.250. The maximum absolute atomic E-state index is 11.0. The first kappa shape index (κ1) is 17.8. The first-order valence-electron chi connectivity index (χ1n) is 7.26. The van der Waals surface area contributed by atoms with Gasteiger partial charge in [0.2, 0.25) is 0 Å². The van der Waals surface area contributed by atoms with Crippen LogP contribution < -0.4 is 4.72 Å². The molecule has 2 N–H and O–H groups in total. The van der Waals surface area contributed by atoms with E-state index in [4.69, 9.17) is 14.0 Å². The van der Waals surface area contributed by atoms with Crippen molar-refractivity contribution < 1.29 is 22.4 Å². The smallest absolute Gasteiger partial charge is 0.333 e. The Balaban J connectivity index is 1.86. The summed E-state index contributed by atoms with van der Waals surface area (Å²) in [4.78, 5) is 0. The summed E-state index contributed by atoms with van der Waals surface area (Å²) in [6.07, 6.45) is -1.61. The average Bonchev–Trinajstić information content (AvgIpc) is 2.98. The SMILES string of the molecule is O=S(=O)(O)NC[C@H]1OC(c2ccccc2)O[C@@H]1c1ccccc1I. The maximum atomic E-state index is 11.0. The van der Waals surface area contributed by atoms with Gasteiger partial charge in [-0.05, 0) is 34.2 Å². The molecule has 1 unspecified atom stereocenters. The third-order valence-electron chi connectivity index (χ3n) is 3.66. The predicted octanol–water partition coefficient (Wildman–Crippen LogP) is 2.84. The molecule has 1 aliphatic rings. The molecule has 128 valence electrons. The van der Waals surface area contributed by atoms with E-state index in [2.05, 4.69) is 27.3 Å². The van der Waals surface area contributed by atoms with E-state index in [1.165, 1.54) is 0 Å². The Labute approximate surface area is 154 Å². The molecule has 8 heteroatoms. The summed E-state index contributed by atoms with van der Waals surface area (Å²) in [5.74, 6) is 0. The Bertz CT molecular complexity index is 799. The molecule has 3 atom stereocenters. The molecule has 1 saturated heterocycles. The summed E-state index contributed by atoms with van der Waals surface area (Å²) in [5, 5.41) is 0. The summed E-state index contributed by atoms with van der Waals surface area (Å²) in [7, 11) is -4.30. The first-order valence-corrected chi connectivity index (χ1v) is 9.78. The van der Waals surface area contributed by atoms with Crippen molar-refractivity contribution in [1.29, 1.82) is 0 Å². The van der Waals surface area contributed by atoms with Crippen LogP contribution in [0.15, 0.2) is 54.6 Å². The number of rotatable bonds is 5. The molecule has 1 fully saturated rings. The van der Waals surface area contributed by atoms with Crippen LogP contribution in [-0.2, 0) is 19.8 Å². The normalized spacial score (nSPS) is 24.2. The molecule has 0 aromatic heterocycles. The van der Waals surface area contributed by atoms with Crippen molar-refractivity contribution in [3.05, 3.63) is 69.3 Å². The maximum Gasteiger partial charge on any atom is 0.333 e. The highest BCUT2D eigenvalue weighted by Crippen LogP contribution is 2.40.